The van der Waals surface area contributed by atoms with Crippen LogP contribution in [0.3, 0.4) is 0 Å². The van der Waals surface area contributed by atoms with Gasteiger partial charge in [-0.05, 0) is 25.8 Å². The Morgan fingerprint density at radius 2 is 1.59 bits per heavy atom. The van der Waals surface area contributed by atoms with E-state index in [1.807, 2.05) is 6.08 Å². The molecule has 0 heterocycles. The minimum Gasteiger partial charge on any atom is -0.477 e. The van der Waals surface area contributed by atoms with E-state index in [4.69, 9.17) is 5.11 Å². The van der Waals surface area contributed by atoms with Gasteiger partial charge in [0.2, 0.25) is 0 Å². The number of hydrogen-bond donors (Lipinski definition) is 1. The molecule has 0 aliphatic heterocycles. The highest BCUT2D eigenvalue weighted by Gasteiger charge is 1.95. The molecule has 0 radical (unpaired) electrons. The van der Waals surface area contributed by atoms with E-state index in [9.17, 15) is 4.79 Å². The van der Waals surface area contributed by atoms with Gasteiger partial charge in [-0.1, -0.05) is 51.9 Å². The summed E-state index contributed by atoms with van der Waals surface area (Å²) in [4.78, 5) is 10.5. The zero-order chi connectivity index (χ0) is 12.9. The average molecular weight is 238 g/mol. The van der Waals surface area contributed by atoms with Gasteiger partial charge in [-0.25, -0.2) is 4.79 Å². The lowest BCUT2D eigenvalue weighted by Crippen LogP contribution is -1.93. The van der Waals surface area contributed by atoms with Crippen molar-refractivity contribution in [2.45, 2.75) is 71.6 Å². The Labute approximate surface area is 105 Å². The van der Waals surface area contributed by atoms with E-state index in [2.05, 4.69) is 12.7 Å². The van der Waals surface area contributed by atoms with Crippen molar-refractivity contribution < 1.29 is 9.90 Å². The molecule has 0 saturated carbocycles. The molecule has 0 spiro atoms. The van der Waals surface area contributed by atoms with Gasteiger partial charge in [0.15, 0.2) is 0 Å². The van der Waals surface area contributed by atoms with Crippen molar-refractivity contribution in [2.24, 2.45) is 0 Å². The molecule has 0 amide bonds. The van der Waals surface area contributed by atoms with Crippen molar-refractivity contribution in [1.29, 1.82) is 0 Å². The van der Waals surface area contributed by atoms with Crippen LogP contribution in [0.25, 0.3) is 0 Å². The first-order valence-electron chi connectivity index (χ1n) is 6.83. The van der Waals surface area contributed by atoms with Gasteiger partial charge in [0.25, 0.3) is 0 Å². The molecule has 0 aliphatic carbocycles. The van der Waals surface area contributed by atoms with Gasteiger partial charge < -0.3 is 5.11 Å². The van der Waals surface area contributed by atoms with Crippen LogP contribution in [0.15, 0.2) is 17.4 Å². The normalized spacial score (nSPS) is 9.76. The van der Waals surface area contributed by atoms with Crippen LogP contribution < -0.4 is 0 Å². The number of carbonyl (C=O) groups is 1. The topological polar surface area (TPSA) is 37.3 Å². The standard InChI is InChI=1S/C15H26O2/c1-3-4-5-6-7-8-9-10-11-12-13-14(2)15(16)17/h12H,3-11H2,1-2H3,(H,16,17). The Morgan fingerprint density at radius 3 is 2.12 bits per heavy atom. The van der Waals surface area contributed by atoms with Gasteiger partial charge in [-0.2, -0.15) is 0 Å². The predicted octanol–water partition coefficient (Wildman–Crippen LogP) is 4.70. The number of hydrogen-bond acceptors (Lipinski definition) is 1. The van der Waals surface area contributed by atoms with Gasteiger partial charge >= 0.3 is 5.97 Å². The Bertz CT molecular complexity index is 260. The molecule has 0 fully saturated rings. The highest BCUT2D eigenvalue weighted by Crippen LogP contribution is 2.09. The molecule has 0 bridgehead atoms. The first-order valence-corrected chi connectivity index (χ1v) is 6.83. The minimum atomic E-state index is -0.878. The molecule has 2 nitrogen and oxygen atoms in total. The van der Waals surface area contributed by atoms with Crippen molar-refractivity contribution in [3.8, 4) is 0 Å². The molecule has 0 aromatic heterocycles. The van der Waals surface area contributed by atoms with Crippen LogP contribution in [-0.2, 0) is 4.79 Å². The molecule has 17 heavy (non-hydrogen) atoms. The summed E-state index contributed by atoms with van der Waals surface area (Å²) in [6.45, 7) is 3.81. The average Bonchev–Trinajstić information content (AvgIpc) is 2.31. The summed E-state index contributed by atoms with van der Waals surface area (Å²) in [5.41, 5.74) is 3.09. The third-order valence-electron chi connectivity index (χ3n) is 2.84. The summed E-state index contributed by atoms with van der Waals surface area (Å²) in [5.74, 6) is -0.878. The van der Waals surface area contributed by atoms with Crippen molar-refractivity contribution in [3.05, 3.63) is 17.4 Å². The number of rotatable bonds is 10. The Balaban J connectivity index is 3.35. The van der Waals surface area contributed by atoms with Gasteiger partial charge in [-0.3, -0.25) is 0 Å². The molecule has 2 heteroatoms. The molecule has 0 unspecified atom stereocenters. The second kappa shape index (κ2) is 11.5. The lowest BCUT2D eigenvalue weighted by atomic mass is 10.1. The number of carboxylic acid groups (broad SMARTS) is 1. The van der Waals surface area contributed by atoms with Crippen LogP contribution in [0.1, 0.15) is 71.6 Å². The van der Waals surface area contributed by atoms with Crippen molar-refractivity contribution in [2.75, 3.05) is 0 Å². The summed E-state index contributed by atoms with van der Waals surface area (Å²) in [6, 6.07) is 0. The molecule has 1 N–H and O–H groups in total. The van der Waals surface area contributed by atoms with E-state index in [0.29, 0.717) is 5.57 Å². The van der Waals surface area contributed by atoms with E-state index in [1.165, 1.54) is 44.9 Å². The molecule has 0 rings (SSSR count). The predicted molar refractivity (Wildman–Crippen MR) is 72.1 cm³/mol. The number of aliphatic carboxylic acids is 1. The SMILES string of the molecule is CCCCCCCCCCC=C=C(C)C(=O)O. The Hall–Kier alpha value is -1.01. The molecular formula is C15H26O2. The van der Waals surface area contributed by atoms with Crippen LogP contribution in [0, 0.1) is 0 Å². The van der Waals surface area contributed by atoms with Gasteiger partial charge in [0, 0.05) is 0 Å². The van der Waals surface area contributed by atoms with Crippen molar-refractivity contribution in [3.63, 3.8) is 0 Å². The zero-order valence-corrected chi connectivity index (χ0v) is 11.3. The summed E-state index contributed by atoms with van der Waals surface area (Å²) in [7, 11) is 0. The first kappa shape index (κ1) is 16.0. The van der Waals surface area contributed by atoms with Crippen LogP contribution >= 0.6 is 0 Å². The maximum Gasteiger partial charge on any atom is 0.339 e. The summed E-state index contributed by atoms with van der Waals surface area (Å²) in [5, 5.41) is 8.61. The number of carboxylic acids is 1. The van der Waals surface area contributed by atoms with Crippen LogP contribution in [0.4, 0.5) is 0 Å². The third kappa shape index (κ3) is 11.3. The Kier molecular flexibility index (Phi) is 10.8. The molecule has 98 valence electrons. The second-order valence-corrected chi connectivity index (χ2v) is 4.54. The Morgan fingerprint density at radius 1 is 1.06 bits per heavy atom. The molecule has 0 aliphatic rings. The lowest BCUT2D eigenvalue weighted by Gasteiger charge is -1.99. The van der Waals surface area contributed by atoms with Gasteiger partial charge in [0.1, 0.15) is 0 Å². The third-order valence-corrected chi connectivity index (χ3v) is 2.84. The van der Waals surface area contributed by atoms with E-state index in [1.54, 1.807) is 6.92 Å². The van der Waals surface area contributed by atoms with Gasteiger partial charge in [0.05, 0.1) is 5.57 Å². The van der Waals surface area contributed by atoms with Crippen molar-refractivity contribution >= 4 is 5.97 Å². The number of unbranched alkanes of at least 4 members (excludes halogenated alkanes) is 8. The van der Waals surface area contributed by atoms with Crippen molar-refractivity contribution in [1.82, 2.24) is 0 Å². The van der Waals surface area contributed by atoms with Crippen LogP contribution in [0.2, 0.25) is 0 Å². The largest absolute Gasteiger partial charge is 0.477 e. The monoisotopic (exact) mass is 238 g/mol. The van der Waals surface area contributed by atoms with Crippen LogP contribution in [-0.4, -0.2) is 11.1 Å². The fourth-order valence-corrected chi connectivity index (χ4v) is 1.67. The van der Waals surface area contributed by atoms with Gasteiger partial charge in [-0.15, -0.1) is 5.73 Å². The molecule has 0 saturated heterocycles. The minimum absolute atomic E-state index is 0.296. The maximum absolute atomic E-state index is 10.5. The fraction of sp³-hybridized carbons (Fsp3) is 0.733. The highest BCUT2D eigenvalue weighted by atomic mass is 16.4. The van der Waals surface area contributed by atoms with E-state index >= 15 is 0 Å². The smallest absolute Gasteiger partial charge is 0.339 e. The second-order valence-electron chi connectivity index (χ2n) is 4.54. The molecule has 0 aromatic carbocycles. The molecule has 0 atom stereocenters. The lowest BCUT2D eigenvalue weighted by molar-refractivity contribution is -0.132. The fourth-order valence-electron chi connectivity index (χ4n) is 1.67. The van der Waals surface area contributed by atoms with E-state index in [0.717, 1.165) is 12.8 Å². The summed E-state index contributed by atoms with van der Waals surface area (Å²) >= 11 is 0. The highest BCUT2D eigenvalue weighted by molar-refractivity contribution is 5.85. The summed E-state index contributed by atoms with van der Waals surface area (Å²) in [6.07, 6.45) is 13.2. The van der Waals surface area contributed by atoms with E-state index < -0.39 is 5.97 Å². The van der Waals surface area contributed by atoms with E-state index in [-0.39, 0.29) is 0 Å². The molecular weight excluding hydrogens is 212 g/mol. The van der Waals surface area contributed by atoms with Crippen LogP contribution in [0.5, 0.6) is 0 Å². The quantitative estimate of drug-likeness (QED) is 0.340. The maximum atomic E-state index is 10.5. The first-order chi connectivity index (χ1) is 8.18. The molecule has 0 aromatic rings. The summed E-state index contributed by atoms with van der Waals surface area (Å²) < 4.78 is 0. The zero-order valence-electron chi connectivity index (χ0n) is 11.3.